The van der Waals surface area contributed by atoms with Gasteiger partial charge in [0.2, 0.25) is 0 Å². The quantitative estimate of drug-likeness (QED) is 0.0400. The zero-order chi connectivity index (χ0) is 48.0. The van der Waals surface area contributed by atoms with Crippen LogP contribution in [0.4, 0.5) is 0 Å². The van der Waals surface area contributed by atoms with Crippen molar-refractivity contribution in [2.24, 2.45) is 0 Å². The van der Waals surface area contributed by atoms with E-state index in [0.29, 0.717) is 11.1 Å². The molecule has 370 valence electrons. The number of hydrogen-bond acceptors (Lipinski definition) is 25. The van der Waals surface area contributed by atoms with Crippen LogP contribution < -0.4 is 4.74 Å². The molecular formula is C41H56O25. The predicted molar refractivity (Wildman–Crippen MR) is 213 cm³/mol. The third kappa shape index (κ3) is 11.8. The van der Waals surface area contributed by atoms with Crippen LogP contribution in [0.2, 0.25) is 0 Å². The lowest BCUT2D eigenvalue weighted by molar-refractivity contribution is -0.390. The number of ether oxygens (including phenoxy) is 10. The van der Waals surface area contributed by atoms with Crippen molar-refractivity contribution in [3.05, 3.63) is 53.6 Å². The van der Waals surface area contributed by atoms with Crippen LogP contribution >= 0.6 is 0 Å². The third-order valence-corrected chi connectivity index (χ3v) is 11.3. The smallest absolute Gasteiger partial charge is 0.331 e. The minimum atomic E-state index is -2.09. The fraction of sp³-hybridized carbons (Fsp3) is 0.634. The molecule has 6 rings (SSSR count). The largest absolute Gasteiger partial charge is 0.504 e. The van der Waals surface area contributed by atoms with Gasteiger partial charge in [-0.1, -0.05) is 12.1 Å². The van der Waals surface area contributed by atoms with E-state index in [4.69, 9.17) is 47.4 Å². The maximum atomic E-state index is 13.8. The fourth-order valence-electron chi connectivity index (χ4n) is 7.52. The first-order valence-electron chi connectivity index (χ1n) is 20.7. The SMILES string of the molecule is COc1cc(C=CC(=O)O[C@H]2[C@H](O[C@@H]3O[C@H](CO)[C@@H](O)[C@H](O)[C@H]3O)[C@@H](O[C@H]3OC[C@@H](O)[C@@H](O)[C@@H]3O)[C@H](OCCc3ccc(O)c(O)c3)O[C@@H]2CO[C@@H]2O[C@H](CO)[C@@H](O)[C@H](O)[C@H]2O)ccc1O. The molecule has 0 unspecified atom stereocenters. The number of aliphatic hydroxyl groups is 11. The van der Waals surface area contributed by atoms with Crippen molar-refractivity contribution in [2.75, 3.05) is 40.1 Å². The number of esters is 1. The Labute approximate surface area is 375 Å². The van der Waals surface area contributed by atoms with Gasteiger partial charge < -0.3 is 119 Å². The van der Waals surface area contributed by atoms with Gasteiger partial charge in [-0.3, -0.25) is 0 Å². The van der Waals surface area contributed by atoms with Crippen LogP contribution in [0.25, 0.3) is 6.08 Å². The first-order chi connectivity index (χ1) is 31.4. The maximum absolute atomic E-state index is 13.8. The summed E-state index contributed by atoms with van der Waals surface area (Å²) in [6, 6.07) is 8.04. The van der Waals surface area contributed by atoms with Crippen molar-refractivity contribution in [1.29, 1.82) is 0 Å². The molecule has 19 atom stereocenters. The Bertz CT molecular complexity index is 1900. The van der Waals surface area contributed by atoms with Crippen LogP contribution in [-0.2, 0) is 53.8 Å². The summed E-state index contributed by atoms with van der Waals surface area (Å²) in [5.41, 5.74) is 0.766. The molecule has 66 heavy (non-hydrogen) atoms. The number of aliphatic hydroxyl groups excluding tert-OH is 11. The van der Waals surface area contributed by atoms with Gasteiger partial charge in [-0.15, -0.1) is 0 Å². The van der Waals surface area contributed by atoms with E-state index in [2.05, 4.69) is 0 Å². The van der Waals surface area contributed by atoms with Gasteiger partial charge in [-0.05, 0) is 47.9 Å². The zero-order valence-electron chi connectivity index (χ0n) is 35.1. The maximum Gasteiger partial charge on any atom is 0.331 e. The summed E-state index contributed by atoms with van der Waals surface area (Å²) in [4.78, 5) is 13.8. The fourth-order valence-corrected chi connectivity index (χ4v) is 7.52. The van der Waals surface area contributed by atoms with E-state index in [9.17, 15) is 76.3 Å². The summed E-state index contributed by atoms with van der Waals surface area (Å²) >= 11 is 0. The van der Waals surface area contributed by atoms with Crippen LogP contribution in [0.3, 0.4) is 0 Å². The lowest BCUT2D eigenvalue weighted by Gasteiger charge is -2.49. The molecule has 2 aromatic rings. The topological polar surface area (TPSA) is 393 Å². The summed E-state index contributed by atoms with van der Waals surface area (Å²) < 4.78 is 58.4. The highest BCUT2D eigenvalue weighted by molar-refractivity contribution is 5.87. The Balaban J connectivity index is 1.41. The molecule has 4 heterocycles. The summed E-state index contributed by atoms with van der Waals surface area (Å²) in [6.45, 7) is -3.40. The predicted octanol–water partition coefficient (Wildman–Crippen LogP) is -5.45. The number of carbonyl (C=O) groups excluding carboxylic acids is 1. The van der Waals surface area contributed by atoms with Crippen LogP contribution in [-0.4, -0.2) is 234 Å². The minimum Gasteiger partial charge on any atom is -0.504 e. The van der Waals surface area contributed by atoms with Crippen LogP contribution in [0.5, 0.6) is 23.0 Å². The molecule has 0 spiro atoms. The molecule has 2 aromatic carbocycles. The van der Waals surface area contributed by atoms with E-state index >= 15 is 0 Å². The van der Waals surface area contributed by atoms with Crippen LogP contribution in [0.15, 0.2) is 42.5 Å². The molecular weight excluding hydrogens is 892 g/mol. The molecule has 0 bridgehead atoms. The van der Waals surface area contributed by atoms with Crippen molar-refractivity contribution in [1.82, 2.24) is 0 Å². The second-order valence-corrected chi connectivity index (χ2v) is 15.8. The highest BCUT2D eigenvalue weighted by Gasteiger charge is 2.56. The molecule has 4 fully saturated rings. The number of methoxy groups -OCH3 is 1. The molecule has 0 saturated carbocycles. The van der Waals surface area contributed by atoms with E-state index in [1.165, 1.54) is 49.6 Å². The van der Waals surface area contributed by atoms with E-state index < -0.39 is 161 Å². The van der Waals surface area contributed by atoms with Gasteiger partial charge in [-0.25, -0.2) is 4.79 Å². The molecule has 25 nitrogen and oxygen atoms in total. The average molecular weight is 949 g/mol. The third-order valence-electron chi connectivity index (χ3n) is 11.3. The number of rotatable bonds is 17. The Morgan fingerprint density at radius 1 is 0.636 bits per heavy atom. The summed E-state index contributed by atoms with van der Waals surface area (Å²) in [6.07, 6.45) is -32.4. The number of aromatic hydroxyl groups is 3. The number of phenols is 3. The lowest BCUT2D eigenvalue weighted by atomic mass is 9.96. The number of carbonyl (C=O) groups is 1. The van der Waals surface area contributed by atoms with Gasteiger partial charge in [-0.2, -0.15) is 0 Å². The Kier molecular flexibility index (Phi) is 17.9. The zero-order valence-corrected chi connectivity index (χ0v) is 35.1. The van der Waals surface area contributed by atoms with Gasteiger partial charge in [0.15, 0.2) is 54.3 Å². The van der Waals surface area contributed by atoms with Gasteiger partial charge in [0.25, 0.3) is 0 Å². The molecule has 25 heteroatoms. The van der Waals surface area contributed by atoms with Gasteiger partial charge in [0.05, 0.1) is 40.1 Å². The molecule has 14 N–H and O–H groups in total. The molecule has 0 amide bonds. The monoisotopic (exact) mass is 948 g/mol. The van der Waals surface area contributed by atoms with Crippen molar-refractivity contribution >= 4 is 12.0 Å². The van der Waals surface area contributed by atoms with Crippen LogP contribution in [0.1, 0.15) is 11.1 Å². The number of phenolic OH excluding ortho intramolecular Hbond substituents is 3. The first kappa shape index (κ1) is 51.5. The van der Waals surface area contributed by atoms with Crippen molar-refractivity contribution in [2.45, 2.75) is 123 Å². The molecule has 4 saturated heterocycles. The number of benzene rings is 2. The Hall–Kier alpha value is -3.91. The molecule has 4 aliphatic rings. The number of hydrogen-bond donors (Lipinski definition) is 14. The van der Waals surface area contributed by atoms with Gasteiger partial charge in [0, 0.05) is 6.08 Å². The summed E-state index contributed by atoms with van der Waals surface area (Å²) in [5.74, 6) is -2.15. The summed E-state index contributed by atoms with van der Waals surface area (Å²) in [5, 5.41) is 146. The molecule has 4 aliphatic heterocycles. The highest BCUT2D eigenvalue weighted by Crippen LogP contribution is 2.36. The Morgan fingerprint density at radius 3 is 1.89 bits per heavy atom. The summed E-state index contributed by atoms with van der Waals surface area (Å²) in [7, 11) is 1.30. The van der Waals surface area contributed by atoms with Gasteiger partial charge >= 0.3 is 5.97 Å². The van der Waals surface area contributed by atoms with Crippen molar-refractivity contribution in [3.8, 4) is 23.0 Å². The second-order valence-electron chi connectivity index (χ2n) is 15.8. The standard InChI is InChI=1S/C41H56O25/c1-57-22-11-16(3-6-19(22)45)4-7-26(48)64-35-25(15-60-38-33(55)30(52)28(50)23(12-42)61-38)63-41(58-9-8-17-2-5-18(44)20(46)10-17)37(66-39-32(54)27(49)21(47)14-59-39)36(35)65-40-34(56)31(53)29(51)24(13-43)62-40/h2-7,10-11,21,23-25,27-47,49-56H,8-9,12-15H2,1H3/t21-,23-,24-,25-,27-,28-,29-,30+,31+,32+,33-,34-,35-,36+,37-,38-,39-,40+,41-/m1/s1. The molecule has 0 aromatic heterocycles. The normalized spacial score (nSPS) is 38.6. The molecule has 0 aliphatic carbocycles. The second kappa shape index (κ2) is 22.9. The lowest BCUT2D eigenvalue weighted by Crippen LogP contribution is -2.67. The molecule has 0 radical (unpaired) electrons. The van der Waals surface area contributed by atoms with E-state index in [0.717, 1.165) is 6.08 Å². The van der Waals surface area contributed by atoms with Crippen molar-refractivity contribution in [3.63, 3.8) is 0 Å². The van der Waals surface area contributed by atoms with E-state index in [-0.39, 0.29) is 24.5 Å². The average Bonchev–Trinajstić information content (AvgIpc) is 3.30. The van der Waals surface area contributed by atoms with E-state index in [1.807, 2.05) is 0 Å². The van der Waals surface area contributed by atoms with Crippen LogP contribution in [0, 0.1) is 0 Å². The Morgan fingerprint density at radius 2 is 1.24 bits per heavy atom. The first-order valence-corrected chi connectivity index (χ1v) is 20.7. The van der Waals surface area contributed by atoms with Gasteiger partial charge in [0.1, 0.15) is 85.5 Å². The van der Waals surface area contributed by atoms with Crippen molar-refractivity contribution < 1.29 is 124 Å². The minimum absolute atomic E-state index is 0.00338. The van der Waals surface area contributed by atoms with E-state index in [1.54, 1.807) is 0 Å². The highest BCUT2D eigenvalue weighted by atomic mass is 16.8.